The molecule has 18 heavy (non-hydrogen) atoms. The molecule has 1 aromatic carbocycles. The molecule has 2 rings (SSSR count). The average Bonchev–Trinajstić information content (AvgIpc) is 3.08. The third-order valence-corrected chi connectivity index (χ3v) is 4.05. The normalized spacial score (nSPS) is 18.3. The van der Waals surface area contributed by atoms with Crippen LogP contribution in [0.3, 0.4) is 0 Å². The van der Waals surface area contributed by atoms with Crippen molar-refractivity contribution in [1.29, 1.82) is 5.26 Å². The van der Waals surface area contributed by atoms with E-state index in [0.29, 0.717) is 12.5 Å². The molecular formula is C15H21N3. The van der Waals surface area contributed by atoms with Crippen LogP contribution in [0.25, 0.3) is 0 Å². The summed E-state index contributed by atoms with van der Waals surface area (Å²) in [6, 6.07) is 10.7. The molecule has 2 N–H and O–H groups in total. The van der Waals surface area contributed by atoms with Crippen LogP contribution in [0.5, 0.6) is 0 Å². The molecule has 0 bridgehead atoms. The van der Waals surface area contributed by atoms with Gasteiger partial charge in [-0.05, 0) is 49.9 Å². The van der Waals surface area contributed by atoms with Crippen molar-refractivity contribution >= 4 is 5.69 Å². The minimum atomic E-state index is 0.262. The van der Waals surface area contributed by atoms with Gasteiger partial charge in [0.2, 0.25) is 0 Å². The maximum absolute atomic E-state index is 8.86. The first-order valence-electron chi connectivity index (χ1n) is 6.49. The van der Waals surface area contributed by atoms with E-state index in [4.69, 9.17) is 11.0 Å². The van der Waals surface area contributed by atoms with Gasteiger partial charge in [-0.15, -0.1) is 0 Å². The SMILES string of the molecule is CC(c1cccc(N)c1)N(C)CC1(CC#N)CC1. The molecule has 0 amide bonds. The van der Waals surface area contributed by atoms with Gasteiger partial charge in [-0.3, -0.25) is 4.90 Å². The number of hydrogen-bond donors (Lipinski definition) is 1. The van der Waals surface area contributed by atoms with Gasteiger partial charge in [-0.1, -0.05) is 12.1 Å². The van der Waals surface area contributed by atoms with Crippen molar-refractivity contribution in [3.05, 3.63) is 29.8 Å². The van der Waals surface area contributed by atoms with Gasteiger partial charge in [0.05, 0.1) is 6.07 Å². The van der Waals surface area contributed by atoms with E-state index >= 15 is 0 Å². The van der Waals surface area contributed by atoms with Crippen LogP contribution in [0.4, 0.5) is 5.69 Å². The van der Waals surface area contributed by atoms with Crippen LogP contribution in [-0.2, 0) is 0 Å². The highest BCUT2D eigenvalue weighted by Crippen LogP contribution is 2.49. The molecule has 3 heteroatoms. The maximum atomic E-state index is 8.86. The summed E-state index contributed by atoms with van der Waals surface area (Å²) in [5.41, 5.74) is 8.14. The Morgan fingerprint density at radius 1 is 1.50 bits per heavy atom. The van der Waals surface area contributed by atoms with Crippen LogP contribution in [-0.4, -0.2) is 18.5 Å². The lowest BCUT2D eigenvalue weighted by atomic mass is 10.0. The van der Waals surface area contributed by atoms with Crippen molar-refractivity contribution in [2.45, 2.75) is 32.2 Å². The molecule has 96 valence electrons. The lowest BCUT2D eigenvalue weighted by Crippen LogP contribution is -2.29. The second-order valence-corrected chi connectivity index (χ2v) is 5.60. The summed E-state index contributed by atoms with van der Waals surface area (Å²) in [4.78, 5) is 2.33. The van der Waals surface area contributed by atoms with Crippen LogP contribution < -0.4 is 5.73 Å². The molecular weight excluding hydrogens is 222 g/mol. The molecule has 1 aromatic rings. The van der Waals surface area contributed by atoms with E-state index in [9.17, 15) is 0 Å². The topological polar surface area (TPSA) is 53.0 Å². The highest BCUT2D eigenvalue weighted by atomic mass is 15.1. The molecule has 1 atom stereocenters. The summed E-state index contributed by atoms with van der Waals surface area (Å²) in [6.07, 6.45) is 3.06. The molecule has 0 saturated heterocycles. The largest absolute Gasteiger partial charge is 0.399 e. The fraction of sp³-hybridized carbons (Fsp3) is 0.533. The summed E-state index contributed by atoms with van der Waals surface area (Å²) in [6.45, 7) is 3.19. The Hall–Kier alpha value is -1.53. The molecule has 0 aliphatic heterocycles. The molecule has 1 saturated carbocycles. The third kappa shape index (κ3) is 2.83. The van der Waals surface area contributed by atoms with Gasteiger partial charge in [-0.2, -0.15) is 5.26 Å². The molecule has 1 fully saturated rings. The van der Waals surface area contributed by atoms with Gasteiger partial charge in [0.25, 0.3) is 0 Å². The number of nitrogen functional groups attached to an aromatic ring is 1. The molecule has 0 heterocycles. The Labute approximate surface area is 109 Å². The molecule has 0 radical (unpaired) electrons. The predicted molar refractivity (Wildman–Crippen MR) is 73.8 cm³/mol. The molecule has 1 unspecified atom stereocenters. The average molecular weight is 243 g/mol. The quantitative estimate of drug-likeness (QED) is 0.809. The van der Waals surface area contributed by atoms with Gasteiger partial charge in [0.1, 0.15) is 0 Å². The number of nitrogens with zero attached hydrogens (tertiary/aromatic N) is 2. The minimum absolute atomic E-state index is 0.262. The van der Waals surface area contributed by atoms with Crippen molar-refractivity contribution < 1.29 is 0 Å². The van der Waals surface area contributed by atoms with Crippen LogP contribution in [0, 0.1) is 16.7 Å². The fourth-order valence-corrected chi connectivity index (χ4v) is 2.47. The number of hydrogen-bond acceptors (Lipinski definition) is 3. The van der Waals surface area contributed by atoms with Crippen molar-refractivity contribution in [2.24, 2.45) is 5.41 Å². The Balaban J connectivity index is 2.01. The van der Waals surface area contributed by atoms with E-state index in [1.807, 2.05) is 18.2 Å². The van der Waals surface area contributed by atoms with Crippen molar-refractivity contribution in [3.8, 4) is 6.07 Å². The number of nitriles is 1. The first-order chi connectivity index (χ1) is 8.56. The third-order valence-electron chi connectivity index (χ3n) is 4.05. The van der Waals surface area contributed by atoms with E-state index in [1.165, 1.54) is 18.4 Å². The van der Waals surface area contributed by atoms with Crippen molar-refractivity contribution in [3.63, 3.8) is 0 Å². The fourth-order valence-electron chi connectivity index (χ4n) is 2.47. The second-order valence-electron chi connectivity index (χ2n) is 5.60. The smallest absolute Gasteiger partial charge is 0.0628 e. The number of benzene rings is 1. The zero-order chi connectivity index (χ0) is 13.2. The molecule has 0 aromatic heterocycles. The van der Waals surface area contributed by atoms with Gasteiger partial charge in [0.15, 0.2) is 0 Å². The monoisotopic (exact) mass is 243 g/mol. The van der Waals surface area contributed by atoms with E-state index in [0.717, 1.165) is 12.2 Å². The van der Waals surface area contributed by atoms with E-state index in [-0.39, 0.29) is 5.41 Å². The molecule has 1 aliphatic rings. The highest BCUT2D eigenvalue weighted by Gasteiger charge is 2.43. The first-order valence-corrected chi connectivity index (χ1v) is 6.49. The second kappa shape index (κ2) is 4.99. The van der Waals surface area contributed by atoms with Crippen LogP contribution in [0.2, 0.25) is 0 Å². The zero-order valence-corrected chi connectivity index (χ0v) is 11.2. The Morgan fingerprint density at radius 2 is 2.22 bits per heavy atom. The predicted octanol–water partition coefficient (Wildman–Crippen LogP) is 2.96. The molecule has 1 aliphatic carbocycles. The van der Waals surface area contributed by atoms with Crippen LogP contribution in [0.15, 0.2) is 24.3 Å². The van der Waals surface area contributed by atoms with Crippen LogP contribution in [0.1, 0.15) is 37.8 Å². The van der Waals surface area contributed by atoms with Gasteiger partial charge >= 0.3 is 0 Å². The van der Waals surface area contributed by atoms with Gasteiger partial charge in [0, 0.05) is 24.7 Å². The van der Waals surface area contributed by atoms with Crippen molar-refractivity contribution in [1.82, 2.24) is 4.90 Å². The maximum Gasteiger partial charge on any atom is 0.0628 e. The highest BCUT2D eigenvalue weighted by molar-refractivity contribution is 5.41. The Kier molecular flexibility index (Phi) is 3.58. The summed E-state index contributed by atoms with van der Waals surface area (Å²) < 4.78 is 0. The number of rotatable bonds is 5. The standard InChI is InChI=1S/C15H21N3/c1-12(13-4-3-5-14(17)10-13)18(2)11-15(6-7-15)8-9-16/h3-5,10,12H,6-8,11,17H2,1-2H3. The Morgan fingerprint density at radius 3 is 2.78 bits per heavy atom. The molecule has 3 nitrogen and oxygen atoms in total. The lowest BCUT2D eigenvalue weighted by molar-refractivity contribution is 0.210. The lowest BCUT2D eigenvalue weighted by Gasteiger charge is -2.28. The summed E-state index contributed by atoms with van der Waals surface area (Å²) in [7, 11) is 2.13. The zero-order valence-electron chi connectivity index (χ0n) is 11.2. The van der Waals surface area contributed by atoms with Gasteiger partial charge < -0.3 is 5.73 Å². The van der Waals surface area contributed by atoms with Crippen LogP contribution >= 0.6 is 0 Å². The number of nitrogens with two attached hydrogens (primary N) is 1. The van der Waals surface area contributed by atoms with E-state index in [1.54, 1.807) is 0 Å². The van der Waals surface area contributed by atoms with Crippen molar-refractivity contribution in [2.75, 3.05) is 19.3 Å². The first kappa shape index (κ1) is 12.9. The van der Waals surface area contributed by atoms with E-state index < -0.39 is 0 Å². The van der Waals surface area contributed by atoms with E-state index in [2.05, 4.69) is 31.0 Å². The number of anilines is 1. The summed E-state index contributed by atoms with van der Waals surface area (Å²) in [5, 5.41) is 8.86. The summed E-state index contributed by atoms with van der Waals surface area (Å²) in [5.74, 6) is 0. The van der Waals surface area contributed by atoms with Gasteiger partial charge in [-0.25, -0.2) is 0 Å². The minimum Gasteiger partial charge on any atom is -0.399 e. The summed E-state index contributed by atoms with van der Waals surface area (Å²) >= 11 is 0. The Bertz CT molecular complexity index is 457. The molecule has 0 spiro atoms.